The third-order valence-corrected chi connectivity index (χ3v) is 3.63. The lowest BCUT2D eigenvalue weighted by molar-refractivity contribution is -0.136. The molecule has 2 rings (SSSR count). The normalized spacial score (nSPS) is 20.9. The van der Waals surface area contributed by atoms with E-state index in [0.717, 1.165) is 36.8 Å². The molecule has 1 unspecified atom stereocenters. The van der Waals surface area contributed by atoms with E-state index in [1.807, 2.05) is 5.38 Å². The van der Waals surface area contributed by atoms with Crippen LogP contribution in [0.5, 0.6) is 0 Å². The lowest BCUT2D eigenvalue weighted by atomic mass is 10.00. The maximum Gasteiger partial charge on any atom is 0.303 e. The van der Waals surface area contributed by atoms with Gasteiger partial charge in [0.2, 0.25) is 0 Å². The standard InChI is InChI=1S/C11H15NO3S/c13-11(14)4-3-10-12-9(7-16-10)8-2-1-5-15-6-8/h7-8H,1-6H2,(H,13,14). The largest absolute Gasteiger partial charge is 0.481 e. The summed E-state index contributed by atoms with van der Waals surface area (Å²) in [6.07, 6.45) is 2.91. The van der Waals surface area contributed by atoms with Gasteiger partial charge in [-0.2, -0.15) is 0 Å². The van der Waals surface area contributed by atoms with E-state index in [1.54, 1.807) is 11.3 Å². The first-order chi connectivity index (χ1) is 7.75. The quantitative estimate of drug-likeness (QED) is 0.876. The Morgan fingerprint density at radius 1 is 1.69 bits per heavy atom. The number of rotatable bonds is 4. The van der Waals surface area contributed by atoms with Gasteiger partial charge in [-0.1, -0.05) is 0 Å². The van der Waals surface area contributed by atoms with E-state index in [9.17, 15) is 4.79 Å². The Bertz CT molecular complexity index is 358. The van der Waals surface area contributed by atoms with Crippen LogP contribution in [0, 0.1) is 0 Å². The average molecular weight is 241 g/mol. The molecule has 1 saturated heterocycles. The fraction of sp³-hybridized carbons (Fsp3) is 0.636. The smallest absolute Gasteiger partial charge is 0.303 e. The summed E-state index contributed by atoms with van der Waals surface area (Å²) < 4.78 is 5.41. The lowest BCUT2D eigenvalue weighted by Gasteiger charge is -2.20. The van der Waals surface area contributed by atoms with Gasteiger partial charge in [-0.3, -0.25) is 4.79 Å². The number of aliphatic carboxylic acids is 1. The summed E-state index contributed by atoms with van der Waals surface area (Å²) in [7, 11) is 0. The highest BCUT2D eigenvalue weighted by molar-refractivity contribution is 7.09. The van der Waals surface area contributed by atoms with Crippen LogP contribution in [0.3, 0.4) is 0 Å². The molecule has 1 aliphatic rings. The van der Waals surface area contributed by atoms with Crippen LogP contribution in [-0.4, -0.2) is 29.3 Å². The molecule has 5 heteroatoms. The van der Waals surface area contributed by atoms with Crippen LogP contribution in [0.1, 0.15) is 35.9 Å². The molecule has 0 bridgehead atoms. The van der Waals surface area contributed by atoms with Crippen molar-refractivity contribution >= 4 is 17.3 Å². The van der Waals surface area contributed by atoms with E-state index in [4.69, 9.17) is 9.84 Å². The van der Waals surface area contributed by atoms with Crippen LogP contribution in [0.15, 0.2) is 5.38 Å². The predicted octanol–water partition coefficient (Wildman–Crippen LogP) is 2.05. The van der Waals surface area contributed by atoms with Crippen molar-refractivity contribution in [3.8, 4) is 0 Å². The van der Waals surface area contributed by atoms with Gasteiger partial charge >= 0.3 is 5.97 Å². The Balaban J connectivity index is 1.93. The zero-order chi connectivity index (χ0) is 11.4. The predicted molar refractivity (Wildman–Crippen MR) is 60.9 cm³/mol. The summed E-state index contributed by atoms with van der Waals surface area (Å²) in [6, 6.07) is 0. The monoisotopic (exact) mass is 241 g/mol. The van der Waals surface area contributed by atoms with Gasteiger partial charge < -0.3 is 9.84 Å². The molecule has 1 fully saturated rings. The molecule has 0 aliphatic carbocycles. The minimum Gasteiger partial charge on any atom is -0.481 e. The van der Waals surface area contributed by atoms with Gasteiger partial charge in [-0.25, -0.2) is 4.98 Å². The molecule has 0 spiro atoms. The molecule has 1 aliphatic heterocycles. The number of aryl methyl sites for hydroxylation is 1. The molecular weight excluding hydrogens is 226 g/mol. The summed E-state index contributed by atoms with van der Waals surface area (Å²) in [5.74, 6) is -0.360. The highest BCUT2D eigenvalue weighted by Crippen LogP contribution is 2.26. The third kappa shape index (κ3) is 3.02. The van der Waals surface area contributed by atoms with Crippen LogP contribution in [0.25, 0.3) is 0 Å². The van der Waals surface area contributed by atoms with Gasteiger partial charge in [0.1, 0.15) is 0 Å². The lowest BCUT2D eigenvalue weighted by Crippen LogP contribution is -2.15. The van der Waals surface area contributed by atoms with Gasteiger partial charge in [0, 0.05) is 24.3 Å². The minimum atomic E-state index is -0.766. The molecule has 4 nitrogen and oxygen atoms in total. The van der Waals surface area contributed by atoms with Gasteiger partial charge in [-0.05, 0) is 12.8 Å². The zero-order valence-corrected chi connectivity index (χ0v) is 9.83. The molecule has 16 heavy (non-hydrogen) atoms. The first-order valence-electron chi connectivity index (χ1n) is 5.49. The first-order valence-corrected chi connectivity index (χ1v) is 6.37. The molecule has 88 valence electrons. The fourth-order valence-corrected chi connectivity index (χ4v) is 2.70. The highest BCUT2D eigenvalue weighted by Gasteiger charge is 2.18. The SMILES string of the molecule is O=C(O)CCc1nc(C2CCCOC2)cs1. The molecule has 0 saturated carbocycles. The zero-order valence-electron chi connectivity index (χ0n) is 9.02. The van der Waals surface area contributed by atoms with Crippen LogP contribution in [0.4, 0.5) is 0 Å². The third-order valence-electron chi connectivity index (χ3n) is 2.70. The molecule has 1 N–H and O–H groups in total. The van der Waals surface area contributed by atoms with E-state index in [2.05, 4.69) is 4.98 Å². The van der Waals surface area contributed by atoms with Crippen molar-refractivity contribution < 1.29 is 14.6 Å². The van der Waals surface area contributed by atoms with Crippen molar-refractivity contribution in [2.24, 2.45) is 0 Å². The Morgan fingerprint density at radius 3 is 3.25 bits per heavy atom. The van der Waals surface area contributed by atoms with Crippen molar-refractivity contribution in [1.29, 1.82) is 0 Å². The van der Waals surface area contributed by atoms with Crippen LogP contribution >= 0.6 is 11.3 Å². The maximum atomic E-state index is 10.4. The first kappa shape index (κ1) is 11.5. The summed E-state index contributed by atoms with van der Waals surface area (Å²) >= 11 is 1.56. The number of nitrogens with zero attached hydrogens (tertiary/aromatic N) is 1. The maximum absolute atomic E-state index is 10.4. The Kier molecular flexibility index (Phi) is 3.90. The average Bonchev–Trinajstić information content (AvgIpc) is 2.76. The summed E-state index contributed by atoms with van der Waals surface area (Å²) in [5.41, 5.74) is 1.07. The molecule has 1 atom stereocenters. The Morgan fingerprint density at radius 2 is 2.56 bits per heavy atom. The molecule has 0 radical (unpaired) electrons. The second-order valence-corrected chi connectivity index (χ2v) is 4.92. The van der Waals surface area contributed by atoms with Crippen molar-refractivity contribution in [2.45, 2.75) is 31.6 Å². The van der Waals surface area contributed by atoms with Gasteiger partial charge in [0.15, 0.2) is 0 Å². The summed E-state index contributed by atoms with van der Waals surface area (Å²) in [6.45, 7) is 1.61. The molecule has 0 aromatic carbocycles. The number of carboxylic acids is 1. The molecule has 2 heterocycles. The molecular formula is C11H15NO3S. The van der Waals surface area contributed by atoms with Crippen LogP contribution in [-0.2, 0) is 16.0 Å². The van der Waals surface area contributed by atoms with Crippen LogP contribution < -0.4 is 0 Å². The molecule has 0 amide bonds. The van der Waals surface area contributed by atoms with E-state index in [1.165, 1.54) is 0 Å². The van der Waals surface area contributed by atoms with E-state index >= 15 is 0 Å². The van der Waals surface area contributed by atoms with Gasteiger partial charge in [-0.15, -0.1) is 11.3 Å². The second-order valence-electron chi connectivity index (χ2n) is 3.97. The Hall–Kier alpha value is -0.940. The minimum absolute atomic E-state index is 0.161. The summed E-state index contributed by atoms with van der Waals surface area (Å²) in [5, 5.41) is 11.5. The highest BCUT2D eigenvalue weighted by atomic mass is 32.1. The molecule has 1 aromatic heterocycles. The number of carboxylic acid groups (broad SMARTS) is 1. The van der Waals surface area contributed by atoms with Crippen LogP contribution in [0.2, 0.25) is 0 Å². The Labute approximate surface area is 98.3 Å². The van der Waals surface area contributed by atoms with Crippen molar-refractivity contribution in [3.63, 3.8) is 0 Å². The number of thiazole rings is 1. The number of hydrogen-bond donors (Lipinski definition) is 1. The number of ether oxygens (including phenoxy) is 1. The van der Waals surface area contributed by atoms with Gasteiger partial charge in [0.05, 0.1) is 23.7 Å². The van der Waals surface area contributed by atoms with Gasteiger partial charge in [0.25, 0.3) is 0 Å². The topological polar surface area (TPSA) is 59.4 Å². The fourth-order valence-electron chi connectivity index (χ4n) is 1.82. The van der Waals surface area contributed by atoms with E-state index < -0.39 is 5.97 Å². The van der Waals surface area contributed by atoms with E-state index in [0.29, 0.717) is 12.3 Å². The van der Waals surface area contributed by atoms with E-state index in [-0.39, 0.29) is 6.42 Å². The second kappa shape index (κ2) is 5.41. The summed E-state index contributed by atoms with van der Waals surface area (Å²) in [4.78, 5) is 14.9. The number of aromatic nitrogens is 1. The van der Waals surface area contributed by atoms with Crippen molar-refractivity contribution in [2.75, 3.05) is 13.2 Å². The van der Waals surface area contributed by atoms with Crippen molar-refractivity contribution in [1.82, 2.24) is 4.98 Å². The van der Waals surface area contributed by atoms with Crippen molar-refractivity contribution in [3.05, 3.63) is 16.1 Å². The molecule has 1 aromatic rings. The number of hydrogen-bond acceptors (Lipinski definition) is 4. The number of carbonyl (C=O) groups is 1.